The highest BCUT2D eigenvalue weighted by Gasteiger charge is 2.17. The van der Waals surface area contributed by atoms with Crippen LogP contribution in [0.25, 0.3) is 12.2 Å². The highest BCUT2D eigenvalue weighted by atomic mass is 15.2. The monoisotopic (exact) mass is 464 g/mol. The molecule has 2 nitrogen and oxygen atoms in total. The van der Waals surface area contributed by atoms with Gasteiger partial charge in [0.05, 0.1) is 0 Å². The molecule has 5 aromatic carbocycles. The smallest absolute Gasteiger partial charge is 0.0482 e. The van der Waals surface area contributed by atoms with Crippen LogP contribution in [0.1, 0.15) is 11.1 Å². The molecule has 0 saturated carbocycles. The first kappa shape index (κ1) is 22.9. The molecule has 0 heterocycles. The van der Waals surface area contributed by atoms with Gasteiger partial charge in [-0.2, -0.15) is 0 Å². The van der Waals surface area contributed by atoms with Crippen molar-refractivity contribution in [2.24, 2.45) is 0 Å². The predicted octanol–water partition coefficient (Wildman–Crippen LogP) is 9.91. The van der Waals surface area contributed by atoms with E-state index in [1.165, 1.54) is 0 Å². The van der Waals surface area contributed by atoms with Gasteiger partial charge >= 0.3 is 0 Å². The Kier molecular flexibility index (Phi) is 6.77. The second-order valence-electron chi connectivity index (χ2n) is 8.46. The molecular formula is C34H28N2. The molecular weight excluding hydrogens is 436 g/mol. The van der Waals surface area contributed by atoms with Gasteiger partial charge in [0.25, 0.3) is 0 Å². The van der Waals surface area contributed by atoms with Crippen molar-refractivity contribution in [3.63, 3.8) is 0 Å². The molecule has 0 radical (unpaired) electrons. The van der Waals surface area contributed by atoms with Crippen molar-refractivity contribution in [1.82, 2.24) is 0 Å². The highest BCUT2D eigenvalue weighted by Crippen LogP contribution is 2.40. The average Bonchev–Trinajstić information content (AvgIpc) is 2.95. The molecule has 0 aliphatic carbocycles. The van der Waals surface area contributed by atoms with E-state index in [0.29, 0.717) is 0 Å². The Morgan fingerprint density at radius 3 is 1.31 bits per heavy atom. The van der Waals surface area contributed by atoms with Crippen molar-refractivity contribution in [1.29, 1.82) is 0 Å². The lowest BCUT2D eigenvalue weighted by Gasteiger charge is -2.29. The van der Waals surface area contributed by atoms with E-state index in [2.05, 4.69) is 144 Å². The van der Waals surface area contributed by atoms with Crippen LogP contribution in [0.5, 0.6) is 0 Å². The first-order valence-corrected chi connectivity index (χ1v) is 12.0. The molecule has 174 valence electrons. The van der Waals surface area contributed by atoms with E-state index in [-0.39, 0.29) is 0 Å². The van der Waals surface area contributed by atoms with Crippen molar-refractivity contribution in [2.75, 3.05) is 9.80 Å². The van der Waals surface area contributed by atoms with Gasteiger partial charge in [0, 0.05) is 34.1 Å². The van der Waals surface area contributed by atoms with E-state index in [9.17, 15) is 0 Å². The fourth-order valence-corrected chi connectivity index (χ4v) is 4.37. The lowest BCUT2D eigenvalue weighted by Crippen LogP contribution is -2.13. The fourth-order valence-electron chi connectivity index (χ4n) is 4.37. The Bertz CT molecular complexity index is 1450. The third-order valence-corrected chi connectivity index (χ3v) is 6.13. The fraction of sp³-hybridized carbons (Fsp3) is 0. The maximum atomic E-state index is 3.96. The minimum atomic E-state index is 1.07. The number of anilines is 6. The Labute approximate surface area is 213 Å². The lowest BCUT2D eigenvalue weighted by atomic mass is 10.1. The summed E-state index contributed by atoms with van der Waals surface area (Å²) in [4.78, 5) is 4.56. The third-order valence-electron chi connectivity index (χ3n) is 6.13. The maximum absolute atomic E-state index is 3.96. The molecule has 5 aromatic rings. The van der Waals surface area contributed by atoms with Gasteiger partial charge in [-0.25, -0.2) is 0 Å². The SMILES string of the molecule is C=Cc1ccc(N(c2ccccc2)c2cccc(N(c3ccccc3)c3cccc(C=C)c3)c2)cc1. The molecule has 2 heteroatoms. The van der Waals surface area contributed by atoms with Gasteiger partial charge < -0.3 is 9.80 Å². The van der Waals surface area contributed by atoms with Gasteiger partial charge in [0.15, 0.2) is 0 Å². The third kappa shape index (κ3) is 4.84. The van der Waals surface area contributed by atoms with Crippen molar-refractivity contribution in [2.45, 2.75) is 0 Å². The molecule has 0 aliphatic rings. The maximum Gasteiger partial charge on any atom is 0.0482 e. The van der Waals surface area contributed by atoms with Crippen molar-refractivity contribution in [3.05, 3.63) is 158 Å². The quantitative estimate of drug-likeness (QED) is 0.225. The number of hydrogen-bond donors (Lipinski definition) is 0. The van der Waals surface area contributed by atoms with Crippen LogP contribution in [0.4, 0.5) is 34.1 Å². The Hall–Kier alpha value is -4.82. The summed E-state index contributed by atoms with van der Waals surface area (Å²) in [5, 5.41) is 0. The van der Waals surface area contributed by atoms with Crippen LogP contribution in [0, 0.1) is 0 Å². The summed E-state index contributed by atoms with van der Waals surface area (Å²) in [6, 6.07) is 46.5. The zero-order valence-corrected chi connectivity index (χ0v) is 20.2. The highest BCUT2D eigenvalue weighted by molar-refractivity contribution is 5.83. The van der Waals surface area contributed by atoms with Gasteiger partial charge in [0.1, 0.15) is 0 Å². The van der Waals surface area contributed by atoms with E-state index >= 15 is 0 Å². The van der Waals surface area contributed by atoms with Crippen LogP contribution >= 0.6 is 0 Å². The minimum absolute atomic E-state index is 1.07. The molecule has 0 aliphatic heterocycles. The van der Waals surface area contributed by atoms with Crippen LogP contribution < -0.4 is 9.80 Å². The van der Waals surface area contributed by atoms with Crippen molar-refractivity contribution in [3.8, 4) is 0 Å². The van der Waals surface area contributed by atoms with Crippen LogP contribution in [0.15, 0.2) is 147 Å². The second-order valence-corrected chi connectivity index (χ2v) is 8.46. The number of para-hydroxylation sites is 2. The molecule has 0 saturated heterocycles. The van der Waals surface area contributed by atoms with Gasteiger partial charge in [-0.3, -0.25) is 0 Å². The lowest BCUT2D eigenvalue weighted by molar-refractivity contribution is 1.25. The summed E-state index contributed by atoms with van der Waals surface area (Å²) in [7, 11) is 0. The summed E-state index contributed by atoms with van der Waals surface area (Å²) in [6.45, 7) is 7.86. The summed E-state index contributed by atoms with van der Waals surface area (Å²) in [5.74, 6) is 0. The molecule has 0 N–H and O–H groups in total. The summed E-state index contributed by atoms with van der Waals surface area (Å²) < 4.78 is 0. The van der Waals surface area contributed by atoms with Crippen molar-refractivity contribution >= 4 is 46.3 Å². The van der Waals surface area contributed by atoms with Crippen LogP contribution in [0.3, 0.4) is 0 Å². The Morgan fingerprint density at radius 2 is 0.778 bits per heavy atom. The number of hydrogen-bond acceptors (Lipinski definition) is 2. The van der Waals surface area contributed by atoms with E-state index in [1.54, 1.807) is 0 Å². The van der Waals surface area contributed by atoms with E-state index in [4.69, 9.17) is 0 Å². The molecule has 0 atom stereocenters. The van der Waals surface area contributed by atoms with E-state index in [0.717, 1.165) is 45.3 Å². The van der Waals surface area contributed by atoms with Gasteiger partial charge in [-0.05, 0) is 77.9 Å². The predicted molar refractivity (Wildman–Crippen MR) is 156 cm³/mol. The normalized spacial score (nSPS) is 10.4. The number of rotatable bonds is 8. The zero-order valence-electron chi connectivity index (χ0n) is 20.2. The van der Waals surface area contributed by atoms with E-state index in [1.807, 2.05) is 24.3 Å². The first-order chi connectivity index (χ1) is 17.8. The van der Waals surface area contributed by atoms with E-state index < -0.39 is 0 Å². The van der Waals surface area contributed by atoms with Gasteiger partial charge in [0.2, 0.25) is 0 Å². The summed E-state index contributed by atoms with van der Waals surface area (Å²) in [5.41, 5.74) is 8.68. The standard InChI is InChI=1S/C34H28N2/c1-3-27-21-23-31(24-22-27)35(29-14-7-5-8-15-29)33-19-12-20-34(26-33)36(30-16-9-6-10-17-30)32-18-11-13-28(4-2)25-32/h3-26H,1-2H2. The molecule has 0 spiro atoms. The number of benzene rings is 5. The van der Waals surface area contributed by atoms with Gasteiger partial charge in [-0.15, -0.1) is 0 Å². The van der Waals surface area contributed by atoms with Crippen LogP contribution in [0.2, 0.25) is 0 Å². The average molecular weight is 465 g/mol. The largest absolute Gasteiger partial charge is 0.310 e. The molecule has 0 bridgehead atoms. The Morgan fingerprint density at radius 1 is 0.361 bits per heavy atom. The van der Waals surface area contributed by atoms with Crippen molar-refractivity contribution < 1.29 is 0 Å². The topological polar surface area (TPSA) is 6.48 Å². The molecule has 0 amide bonds. The molecule has 0 aromatic heterocycles. The minimum Gasteiger partial charge on any atom is -0.310 e. The molecule has 0 fully saturated rings. The zero-order chi connectivity index (χ0) is 24.7. The number of nitrogens with zero attached hydrogens (tertiary/aromatic N) is 2. The molecule has 0 unspecified atom stereocenters. The summed E-state index contributed by atoms with van der Waals surface area (Å²) >= 11 is 0. The van der Waals surface area contributed by atoms with Crippen LogP contribution in [-0.4, -0.2) is 0 Å². The Balaban J connectivity index is 1.66. The first-order valence-electron chi connectivity index (χ1n) is 12.0. The molecule has 5 rings (SSSR count). The summed E-state index contributed by atoms with van der Waals surface area (Å²) in [6.07, 6.45) is 3.75. The van der Waals surface area contributed by atoms with Gasteiger partial charge in [-0.1, -0.05) is 92.0 Å². The second kappa shape index (κ2) is 10.6. The van der Waals surface area contributed by atoms with Crippen LogP contribution in [-0.2, 0) is 0 Å². The molecule has 36 heavy (non-hydrogen) atoms.